The molecule has 1 aliphatic rings. The molecule has 2 aromatic rings. The van der Waals surface area contributed by atoms with Crippen molar-refractivity contribution < 1.29 is 0 Å². The molecule has 0 spiro atoms. The molecule has 5 nitrogen and oxygen atoms in total. The molecule has 2 atom stereocenters. The number of pyridine rings is 1. The van der Waals surface area contributed by atoms with Crippen LogP contribution in [0.3, 0.4) is 0 Å². The van der Waals surface area contributed by atoms with Gasteiger partial charge in [0.05, 0.1) is 0 Å². The van der Waals surface area contributed by atoms with Gasteiger partial charge in [-0.2, -0.15) is 0 Å². The number of nitrogens with one attached hydrogen (secondary N) is 2. The number of aryl methyl sites for hydroxylation is 1. The molecule has 3 rings (SSSR count). The van der Waals surface area contributed by atoms with E-state index < -0.39 is 0 Å². The highest BCUT2D eigenvalue weighted by molar-refractivity contribution is 5.29. The monoisotopic (exact) mass is 367 g/mol. The van der Waals surface area contributed by atoms with E-state index in [1.165, 1.54) is 12.0 Å². The third-order valence-corrected chi connectivity index (χ3v) is 5.39. The van der Waals surface area contributed by atoms with Gasteiger partial charge in [-0.05, 0) is 56.5 Å². The Morgan fingerprint density at radius 1 is 1.07 bits per heavy atom. The maximum Gasteiger partial charge on any atom is 0.123 e. The van der Waals surface area contributed by atoms with Gasteiger partial charge in [-0.25, -0.2) is 4.98 Å². The number of likely N-dealkylation sites (N-methyl/N-ethyl adjacent to an activating group) is 1. The van der Waals surface area contributed by atoms with Gasteiger partial charge in [0.1, 0.15) is 5.82 Å². The Kier molecular flexibility index (Phi) is 7.63. The zero-order valence-electron chi connectivity index (χ0n) is 16.4. The van der Waals surface area contributed by atoms with Gasteiger partial charge in [0.2, 0.25) is 0 Å². The van der Waals surface area contributed by atoms with Gasteiger partial charge in [-0.15, -0.1) is 0 Å². The van der Waals surface area contributed by atoms with Crippen molar-refractivity contribution >= 4 is 5.82 Å². The minimum atomic E-state index is 0.515. The lowest BCUT2D eigenvalue weighted by molar-refractivity contribution is 0.323. The summed E-state index contributed by atoms with van der Waals surface area (Å²) in [5.41, 5.74) is 8.39. The van der Waals surface area contributed by atoms with E-state index in [2.05, 4.69) is 56.9 Å². The Hall–Kier alpha value is -1.95. The molecule has 1 aliphatic heterocycles. The molecule has 1 aromatic carbocycles. The number of benzene rings is 1. The van der Waals surface area contributed by atoms with Crippen LogP contribution in [0.4, 0.5) is 5.82 Å². The summed E-state index contributed by atoms with van der Waals surface area (Å²) < 4.78 is 0. The first kappa shape index (κ1) is 19.8. The number of hydrogen-bond acceptors (Lipinski definition) is 5. The van der Waals surface area contributed by atoms with E-state index in [0.717, 1.165) is 51.3 Å². The van der Waals surface area contributed by atoms with Crippen molar-refractivity contribution in [2.45, 2.75) is 25.3 Å². The van der Waals surface area contributed by atoms with Crippen molar-refractivity contribution in [1.29, 1.82) is 0 Å². The molecule has 5 heteroatoms. The summed E-state index contributed by atoms with van der Waals surface area (Å²) in [5, 5.41) is 7.08. The van der Waals surface area contributed by atoms with E-state index in [1.807, 2.05) is 19.2 Å². The van der Waals surface area contributed by atoms with Gasteiger partial charge >= 0.3 is 0 Å². The van der Waals surface area contributed by atoms with E-state index in [4.69, 9.17) is 5.73 Å². The first-order chi connectivity index (χ1) is 13.2. The van der Waals surface area contributed by atoms with Crippen LogP contribution in [0.5, 0.6) is 0 Å². The summed E-state index contributed by atoms with van der Waals surface area (Å²) in [6, 6.07) is 17.2. The summed E-state index contributed by atoms with van der Waals surface area (Å²) in [6.45, 7) is 5.42. The Morgan fingerprint density at radius 2 is 1.93 bits per heavy atom. The van der Waals surface area contributed by atoms with Crippen LogP contribution < -0.4 is 16.4 Å². The second-order valence-corrected chi connectivity index (χ2v) is 7.53. The third-order valence-electron chi connectivity index (χ3n) is 5.39. The molecule has 0 bridgehead atoms. The number of nitrogens with two attached hydrogens (primary N) is 1. The van der Waals surface area contributed by atoms with Crippen molar-refractivity contribution in [2.24, 2.45) is 5.92 Å². The summed E-state index contributed by atoms with van der Waals surface area (Å²) in [4.78, 5) is 7.07. The second-order valence-electron chi connectivity index (χ2n) is 7.53. The van der Waals surface area contributed by atoms with Crippen molar-refractivity contribution in [3.8, 4) is 0 Å². The van der Waals surface area contributed by atoms with Crippen LogP contribution in [0.25, 0.3) is 0 Å². The van der Waals surface area contributed by atoms with Gasteiger partial charge in [0.25, 0.3) is 0 Å². The van der Waals surface area contributed by atoms with Crippen LogP contribution in [0.1, 0.15) is 17.7 Å². The Morgan fingerprint density at radius 3 is 2.70 bits per heavy atom. The van der Waals surface area contributed by atoms with Gasteiger partial charge in [0, 0.05) is 37.9 Å². The standard InChI is InChI=1S/C22H33N5/c1-24-13-14-27-16-19(15-20-10-5-11-22(23)26-20)21(17-27)25-12-6-9-18-7-3-2-4-8-18/h2-5,7-8,10-11,19,21,24-25H,6,9,12-17H2,1H3,(H2,23,26)/t19-,21+/m0/s1. The van der Waals surface area contributed by atoms with Gasteiger partial charge in [-0.1, -0.05) is 36.4 Å². The number of anilines is 1. The minimum Gasteiger partial charge on any atom is -0.384 e. The molecule has 0 amide bonds. The van der Waals surface area contributed by atoms with Crippen LogP contribution in [-0.4, -0.2) is 55.7 Å². The molecule has 0 unspecified atom stereocenters. The van der Waals surface area contributed by atoms with Gasteiger partial charge < -0.3 is 21.3 Å². The summed E-state index contributed by atoms with van der Waals surface area (Å²) >= 11 is 0. The van der Waals surface area contributed by atoms with Crippen molar-refractivity contribution in [1.82, 2.24) is 20.5 Å². The molecule has 27 heavy (non-hydrogen) atoms. The van der Waals surface area contributed by atoms with E-state index in [9.17, 15) is 0 Å². The number of hydrogen-bond donors (Lipinski definition) is 3. The summed E-state index contributed by atoms with van der Waals surface area (Å²) in [6.07, 6.45) is 3.28. The second kappa shape index (κ2) is 10.4. The predicted octanol–water partition coefficient (Wildman–Crippen LogP) is 1.95. The lowest BCUT2D eigenvalue weighted by Crippen LogP contribution is -2.38. The molecule has 2 heterocycles. The highest BCUT2D eigenvalue weighted by Crippen LogP contribution is 2.21. The minimum absolute atomic E-state index is 0.515. The molecule has 0 saturated carbocycles. The molecule has 146 valence electrons. The highest BCUT2D eigenvalue weighted by Gasteiger charge is 2.32. The number of nitrogens with zero attached hydrogens (tertiary/aromatic N) is 2. The fourth-order valence-electron chi connectivity index (χ4n) is 3.96. The summed E-state index contributed by atoms with van der Waals surface area (Å²) in [7, 11) is 2.02. The predicted molar refractivity (Wildman–Crippen MR) is 113 cm³/mol. The van der Waals surface area contributed by atoms with Gasteiger partial charge in [0.15, 0.2) is 0 Å². The van der Waals surface area contributed by atoms with Crippen molar-refractivity contribution in [3.05, 3.63) is 59.8 Å². The number of aromatic nitrogens is 1. The molecule has 1 saturated heterocycles. The Bertz CT molecular complexity index is 675. The average molecular weight is 368 g/mol. The van der Waals surface area contributed by atoms with E-state index >= 15 is 0 Å². The summed E-state index contributed by atoms with van der Waals surface area (Å²) in [5.74, 6) is 1.19. The molecule has 1 aromatic heterocycles. The van der Waals surface area contributed by atoms with Crippen LogP contribution in [0, 0.1) is 5.92 Å². The maximum atomic E-state index is 5.87. The van der Waals surface area contributed by atoms with E-state index in [0.29, 0.717) is 17.8 Å². The van der Waals surface area contributed by atoms with E-state index in [-0.39, 0.29) is 0 Å². The average Bonchev–Trinajstić information content (AvgIpc) is 3.06. The highest BCUT2D eigenvalue weighted by atomic mass is 15.2. The molecule has 0 aliphatic carbocycles. The van der Waals surface area contributed by atoms with Gasteiger partial charge in [-0.3, -0.25) is 0 Å². The first-order valence-corrected chi connectivity index (χ1v) is 10.1. The Labute approximate surface area is 163 Å². The number of nitrogen functional groups attached to an aromatic ring is 1. The fraction of sp³-hybridized carbons (Fsp3) is 0.500. The van der Waals surface area contributed by atoms with Crippen LogP contribution in [-0.2, 0) is 12.8 Å². The zero-order valence-corrected chi connectivity index (χ0v) is 16.4. The zero-order chi connectivity index (χ0) is 18.9. The third kappa shape index (κ3) is 6.31. The smallest absolute Gasteiger partial charge is 0.123 e. The largest absolute Gasteiger partial charge is 0.384 e. The molecular weight excluding hydrogens is 334 g/mol. The molecule has 1 fully saturated rings. The fourth-order valence-corrected chi connectivity index (χ4v) is 3.96. The van der Waals surface area contributed by atoms with Crippen molar-refractivity contribution in [3.63, 3.8) is 0 Å². The molecule has 0 radical (unpaired) electrons. The Balaban J connectivity index is 1.52. The number of likely N-dealkylation sites (tertiary alicyclic amines) is 1. The van der Waals surface area contributed by atoms with Crippen LogP contribution >= 0.6 is 0 Å². The quantitative estimate of drug-likeness (QED) is 0.560. The van der Waals surface area contributed by atoms with Crippen molar-refractivity contribution in [2.75, 3.05) is 45.5 Å². The maximum absolute atomic E-state index is 5.87. The van der Waals surface area contributed by atoms with E-state index in [1.54, 1.807) is 0 Å². The lowest BCUT2D eigenvalue weighted by atomic mass is 9.97. The molecule has 4 N–H and O–H groups in total. The van der Waals surface area contributed by atoms with Crippen LogP contribution in [0.2, 0.25) is 0 Å². The topological polar surface area (TPSA) is 66.2 Å². The first-order valence-electron chi connectivity index (χ1n) is 10.1. The number of rotatable bonds is 10. The molecular formula is C22H33N5. The normalized spacial score (nSPS) is 20.2. The lowest BCUT2D eigenvalue weighted by Gasteiger charge is -2.20. The van der Waals surface area contributed by atoms with Crippen LogP contribution in [0.15, 0.2) is 48.5 Å². The SMILES string of the molecule is CNCCN1C[C@H](Cc2cccc(N)n2)[C@H](NCCCc2ccccc2)C1.